The molecule has 0 radical (unpaired) electrons. The first-order chi connectivity index (χ1) is 9.77. The highest BCUT2D eigenvalue weighted by molar-refractivity contribution is 5.84. The smallest absolute Gasteiger partial charge is 0.416 e. The summed E-state index contributed by atoms with van der Waals surface area (Å²) in [5.41, 5.74) is -1.48. The van der Waals surface area contributed by atoms with Gasteiger partial charge in [-0.2, -0.15) is 18.2 Å². The molecule has 1 heterocycles. The average molecular weight is 298 g/mol. The molecule has 110 valence electrons. The molecule has 0 saturated carbocycles. The molecule has 2 aromatic rings. The maximum absolute atomic E-state index is 12.4. The van der Waals surface area contributed by atoms with E-state index in [1.165, 1.54) is 18.3 Å². The van der Waals surface area contributed by atoms with E-state index in [9.17, 15) is 22.8 Å². The summed E-state index contributed by atoms with van der Waals surface area (Å²) in [6.07, 6.45) is -3.18. The molecule has 1 aromatic carbocycles. The van der Waals surface area contributed by atoms with Crippen LogP contribution in [-0.4, -0.2) is 20.6 Å². The Kier molecular flexibility index (Phi) is 3.79. The lowest BCUT2D eigenvalue weighted by atomic mass is 10.1. The number of carboxylic acid groups (broad SMARTS) is 1. The lowest BCUT2D eigenvalue weighted by Gasteiger charge is -2.08. The molecule has 21 heavy (non-hydrogen) atoms. The van der Waals surface area contributed by atoms with Crippen LogP contribution in [-0.2, 0) is 12.7 Å². The summed E-state index contributed by atoms with van der Waals surface area (Å²) >= 11 is 0. The van der Waals surface area contributed by atoms with Crippen LogP contribution in [0.4, 0.5) is 13.2 Å². The Morgan fingerprint density at radius 3 is 2.29 bits per heavy atom. The van der Waals surface area contributed by atoms with Gasteiger partial charge in [0, 0.05) is 6.20 Å². The fourth-order valence-electron chi connectivity index (χ4n) is 1.66. The third-order valence-electron chi connectivity index (χ3n) is 2.73. The number of aromatic nitrogens is 2. The largest absolute Gasteiger partial charge is 0.477 e. The maximum atomic E-state index is 12.4. The van der Waals surface area contributed by atoms with Gasteiger partial charge in [-0.3, -0.25) is 4.57 Å². The molecule has 0 aliphatic heterocycles. The van der Waals surface area contributed by atoms with Gasteiger partial charge >= 0.3 is 17.8 Å². The van der Waals surface area contributed by atoms with Crippen LogP contribution in [0.5, 0.6) is 0 Å². The number of rotatable bonds is 3. The summed E-state index contributed by atoms with van der Waals surface area (Å²) in [7, 11) is 0. The van der Waals surface area contributed by atoms with Gasteiger partial charge in [0.2, 0.25) is 0 Å². The van der Waals surface area contributed by atoms with Crippen LogP contribution in [0.1, 0.15) is 21.6 Å². The summed E-state index contributed by atoms with van der Waals surface area (Å²) in [6, 6.07) is 5.48. The summed E-state index contributed by atoms with van der Waals surface area (Å²) in [4.78, 5) is 25.6. The Balaban J connectivity index is 2.23. The van der Waals surface area contributed by atoms with Crippen molar-refractivity contribution in [1.82, 2.24) is 9.55 Å². The zero-order valence-electron chi connectivity index (χ0n) is 10.5. The van der Waals surface area contributed by atoms with Gasteiger partial charge in [-0.25, -0.2) is 9.59 Å². The minimum Gasteiger partial charge on any atom is -0.477 e. The average Bonchev–Trinajstić information content (AvgIpc) is 2.40. The van der Waals surface area contributed by atoms with E-state index in [-0.39, 0.29) is 12.2 Å². The lowest BCUT2D eigenvalue weighted by Crippen LogP contribution is -2.25. The lowest BCUT2D eigenvalue weighted by molar-refractivity contribution is -0.137. The van der Waals surface area contributed by atoms with Crippen LogP contribution in [0.3, 0.4) is 0 Å². The Morgan fingerprint density at radius 1 is 1.19 bits per heavy atom. The van der Waals surface area contributed by atoms with Gasteiger partial charge in [0.25, 0.3) is 0 Å². The Labute approximate surface area is 116 Å². The number of carboxylic acids is 1. The van der Waals surface area contributed by atoms with E-state index >= 15 is 0 Å². The summed E-state index contributed by atoms with van der Waals surface area (Å²) in [5.74, 6) is -1.33. The Morgan fingerprint density at radius 2 is 1.81 bits per heavy atom. The van der Waals surface area contributed by atoms with Crippen molar-refractivity contribution >= 4 is 5.97 Å². The van der Waals surface area contributed by atoms with Crippen molar-refractivity contribution in [2.45, 2.75) is 12.7 Å². The van der Waals surface area contributed by atoms with E-state index in [0.717, 1.165) is 22.8 Å². The van der Waals surface area contributed by atoms with E-state index < -0.39 is 23.4 Å². The van der Waals surface area contributed by atoms with Gasteiger partial charge in [0.05, 0.1) is 12.1 Å². The Bertz CT molecular complexity index is 721. The number of halogens is 3. The Hall–Kier alpha value is -2.64. The predicted molar refractivity (Wildman–Crippen MR) is 66.0 cm³/mol. The zero-order chi connectivity index (χ0) is 15.6. The van der Waals surface area contributed by atoms with Crippen molar-refractivity contribution in [3.63, 3.8) is 0 Å². The number of benzene rings is 1. The molecule has 0 unspecified atom stereocenters. The van der Waals surface area contributed by atoms with Gasteiger partial charge in [0.15, 0.2) is 5.69 Å². The molecule has 0 aliphatic carbocycles. The van der Waals surface area contributed by atoms with Crippen LogP contribution in [0.25, 0.3) is 0 Å². The molecule has 1 N–H and O–H groups in total. The molecule has 5 nitrogen and oxygen atoms in total. The minimum atomic E-state index is -4.42. The van der Waals surface area contributed by atoms with Gasteiger partial charge in [-0.05, 0) is 23.8 Å². The molecule has 0 aliphatic rings. The molecule has 2 rings (SSSR count). The molecule has 0 atom stereocenters. The normalized spacial score (nSPS) is 11.4. The van der Waals surface area contributed by atoms with Crippen molar-refractivity contribution in [3.05, 3.63) is 63.8 Å². The first kappa shape index (κ1) is 14.8. The van der Waals surface area contributed by atoms with E-state index in [0.29, 0.717) is 5.56 Å². The zero-order valence-corrected chi connectivity index (χ0v) is 10.5. The number of aromatic carboxylic acids is 1. The minimum absolute atomic E-state index is 0.00384. The van der Waals surface area contributed by atoms with Crippen molar-refractivity contribution in [3.8, 4) is 0 Å². The monoisotopic (exact) mass is 298 g/mol. The van der Waals surface area contributed by atoms with Crippen LogP contribution >= 0.6 is 0 Å². The molecule has 0 fully saturated rings. The molecule has 1 aromatic heterocycles. The van der Waals surface area contributed by atoms with Gasteiger partial charge < -0.3 is 5.11 Å². The van der Waals surface area contributed by atoms with Crippen LogP contribution in [0, 0.1) is 0 Å². The summed E-state index contributed by atoms with van der Waals surface area (Å²) in [5, 5.41) is 8.68. The first-order valence-corrected chi connectivity index (χ1v) is 5.74. The molecular weight excluding hydrogens is 289 g/mol. The van der Waals surface area contributed by atoms with Crippen LogP contribution in [0.15, 0.2) is 41.3 Å². The van der Waals surface area contributed by atoms with Crippen LogP contribution < -0.4 is 5.69 Å². The third kappa shape index (κ3) is 3.47. The quantitative estimate of drug-likeness (QED) is 0.941. The highest BCUT2D eigenvalue weighted by atomic mass is 19.4. The number of carbonyl (C=O) groups is 1. The predicted octanol–water partition coefficient (Wildman–Crippen LogP) is 2.01. The van der Waals surface area contributed by atoms with E-state index in [1.54, 1.807) is 0 Å². The van der Waals surface area contributed by atoms with Gasteiger partial charge in [-0.15, -0.1) is 0 Å². The highest BCUT2D eigenvalue weighted by Crippen LogP contribution is 2.29. The molecular formula is C13H9F3N2O3. The molecule has 8 heteroatoms. The van der Waals surface area contributed by atoms with Gasteiger partial charge in [-0.1, -0.05) is 12.1 Å². The topological polar surface area (TPSA) is 72.2 Å². The molecule has 0 spiro atoms. The fraction of sp³-hybridized carbons (Fsp3) is 0.154. The van der Waals surface area contributed by atoms with Crippen LogP contribution in [0.2, 0.25) is 0 Å². The second-order valence-corrected chi connectivity index (χ2v) is 4.22. The number of hydrogen-bond acceptors (Lipinski definition) is 3. The summed E-state index contributed by atoms with van der Waals surface area (Å²) < 4.78 is 38.3. The molecule has 0 amide bonds. The number of nitrogens with zero attached hydrogens (tertiary/aromatic N) is 2. The van der Waals surface area contributed by atoms with Gasteiger partial charge in [0.1, 0.15) is 0 Å². The van der Waals surface area contributed by atoms with Crippen molar-refractivity contribution < 1.29 is 23.1 Å². The van der Waals surface area contributed by atoms with E-state index in [2.05, 4.69) is 4.98 Å². The standard InChI is InChI=1S/C13H9F3N2O3/c14-13(15,16)9-3-1-8(2-4-9)7-18-6-5-10(11(19)20)17-12(18)21/h1-6H,7H2,(H,19,20). The summed E-state index contributed by atoms with van der Waals surface area (Å²) in [6.45, 7) is 0.00384. The number of alkyl halides is 3. The van der Waals surface area contributed by atoms with Crippen molar-refractivity contribution in [2.75, 3.05) is 0 Å². The number of hydrogen-bond donors (Lipinski definition) is 1. The second-order valence-electron chi connectivity index (χ2n) is 4.22. The molecule has 0 bridgehead atoms. The third-order valence-corrected chi connectivity index (χ3v) is 2.73. The van der Waals surface area contributed by atoms with Crippen molar-refractivity contribution in [1.29, 1.82) is 0 Å². The maximum Gasteiger partial charge on any atom is 0.416 e. The molecule has 0 saturated heterocycles. The fourth-order valence-corrected chi connectivity index (χ4v) is 1.66. The van der Waals surface area contributed by atoms with E-state index in [4.69, 9.17) is 5.11 Å². The first-order valence-electron chi connectivity index (χ1n) is 5.74. The highest BCUT2D eigenvalue weighted by Gasteiger charge is 2.29. The second kappa shape index (κ2) is 5.39. The van der Waals surface area contributed by atoms with Crippen molar-refractivity contribution in [2.24, 2.45) is 0 Å². The SMILES string of the molecule is O=C(O)c1ccn(Cc2ccc(C(F)(F)F)cc2)c(=O)n1. The van der Waals surface area contributed by atoms with E-state index in [1.807, 2.05) is 0 Å².